The highest BCUT2D eigenvalue weighted by atomic mass is 35.5. The molecule has 0 bridgehead atoms. The second-order valence-corrected chi connectivity index (χ2v) is 8.17. The first-order valence-corrected chi connectivity index (χ1v) is 8.76. The lowest BCUT2D eigenvalue weighted by atomic mass is 9.61. The number of hydrogen-bond acceptors (Lipinski definition) is 2. The van der Waals surface area contributed by atoms with Crippen LogP contribution in [-0.2, 0) is 9.59 Å². The first-order valence-electron chi connectivity index (χ1n) is 8.38. The van der Waals surface area contributed by atoms with E-state index >= 15 is 0 Å². The van der Waals surface area contributed by atoms with Crippen LogP contribution in [0.25, 0.3) is 0 Å². The van der Waals surface area contributed by atoms with Crippen molar-refractivity contribution in [3.05, 3.63) is 34.4 Å². The molecule has 4 nitrogen and oxygen atoms in total. The van der Waals surface area contributed by atoms with E-state index in [2.05, 4.69) is 24.5 Å². The van der Waals surface area contributed by atoms with Gasteiger partial charge >= 0.3 is 0 Å². The molecule has 3 rings (SSSR count). The average Bonchev–Trinajstić information content (AvgIpc) is 2.95. The van der Waals surface area contributed by atoms with Crippen molar-refractivity contribution >= 4 is 23.4 Å². The molecule has 2 amide bonds. The quantitative estimate of drug-likeness (QED) is 0.798. The summed E-state index contributed by atoms with van der Waals surface area (Å²) < 4.78 is 28.0. The minimum Gasteiger partial charge on any atom is -0.355 e. The van der Waals surface area contributed by atoms with Gasteiger partial charge in [-0.15, -0.1) is 0 Å². The smallest absolute Gasteiger partial charge is 0.225 e. The number of rotatable bonds is 4. The molecule has 1 aliphatic heterocycles. The van der Waals surface area contributed by atoms with Gasteiger partial charge in [-0.1, -0.05) is 31.5 Å². The Balaban J connectivity index is 1.85. The predicted molar refractivity (Wildman–Crippen MR) is 89.9 cm³/mol. The third kappa shape index (κ3) is 3.64. The molecule has 2 aliphatic rings. The van der Waals surface area contributed by atoms with Crippen molar-refractivity contribution in [3.63, 3.8) is 0 Å². The van der Waals surface area contributed by atoms with Gasteiger partial charge in [0.1, 0.15) is 16.7 Å². The Hall–Kier alpha value is -1.69. The highest BCUT2D eigenvalue weighted by molar-refractivity contribution is 6.31. The lowest BCUT2D eigenvalue weighted by molar-refractivity contribution is -0.128. The molecule has 0 aromatic heterocycles. The number of hydrogen-bond donors (Lipinski definition) is 2. The molecule has 2 fully saturated rings. The summed E-state index contributed by atoms with van der Waals surface area (Å²) >= 11 is 5.71. The van der Waals surface area contributed by atoms with Gasteiger partial charge in [-0.25, -0.2) is 8.78 Å². The molecule has 2 atom stereocenters. The maximum Gasteiger partial charge on any atom is 0.225 e. The summed E-state index contributed by atoms with van der Waals surface area (Å²) in [5.41, 5.74) is 0.316. The van der Waals surface area contributed by atoms with Crippen LogP contribution in [-0.4, -0.2) is 18.4 Å². The molecule has 1 saturated carbocycles. The van der Waals surface area contributed by atoms with Crippen LogP contribution >= 0.6 is 11.6 Å². The summed E-state index contributed by atoms with van der Waals surface area (Å²) in [7, 11) is 0. The van der Waals surface area contributed by atoms with Crippen LogP contribution in [0.1, 0.15) is 44.7 Å². The number of amides is 2. The standard InChI is InChI=1S/C18H21ClF2N2O2/c1-18(2)6-10(7-18)16(11-3-4-12(20)14(19)15(11)21)23-17(25)9-5-13(24)22-8-9/h3-4,9-10,16H,5-8H2,1-2H3,(H,22,24)(H,23,25). The SMILES string of the molecule is CC1(C)CC(C(NC(=O)C2CNC(=O)C2)c2ccc(F)c(Cl)c2F)C1. The second-order valence-electron chi connectivity index (χ2n) is 7.79. The fraction of sp³-hybridized carbons (Fsp3) is 0.556. The number of benzene rings is 1. The van der Waals surface area contributed by atoms with Crippen LogP contribution in [0.2, 0.25) is 5.02 Å². The van der Waals surface area contributed by atoms with Crippen LogP contribution in [0, 0.1) is 28.9 Å². The molecule has 1 aromatic carbocycles. The summed E-state index contributed by atoms with van der Waals surface area (Å²) in [6.07, 6.45) is 1.75. The van der Waals surface area contributed by atoms with Crippen LogP contribution in [0.15, 0.2) is 12.1 Å². The van der Waals surface area contributed by atoms with Crippen molar-refractivity contribution in [1.29, 1.82) is 0 Å². The van der Waals surface area contributed by atoms with E-state index in [1.807, 2.05) is 0 Å². The molecule has 1 aliphatic carbocycles. The molecule has 7 heteroatoms. The Labute approximate surface area is 150 Å². The predicted octanol–water partition coefficient (Wildman–Crippen LogP) is 3.35. The van der Waals surface area contributed by atoms with Gasteiger partial charge in [-0.3, -0.25) is 9.59 Å². The molecule has 0 spiro atoms. The summed E-state index contributed by atoms with van der Waals surface area (Å²) in [5, 5.41) is 4.93. The van der Waals surface area contributed by atoms with E-state index in [-0.39, 0.29) is 41.7 Å². The molecule has 2 unspecified atom stereocenters. The van der Waals surface area contributed by atoms with Gasteiger partial charge in [0.05, 0.1) is 12.0 Å². The zero-order valence-corrected chi connectivity index (χ0v) is 14.9. The molecule has 2 N–H and O–H groups in total. The topological polar surface area (TPSA) is 58.2 Å². The normalized spacial score (nSPS) is 23.7. The first-order chi connectivity index (χ1) is 11.7. The Morgan fingerprint density at radius 3 is 2.60 bits per heavy atom. The van der Waals surface area contributed by atoms with Gasteiger partial charge in [0, 0.05) is 18.5 Å². The fourth-order valence-electron chi connectivity index (χ4n) is 3.89. The van der Waals surface area contributed by atoms with Gasteiger partial charge in [-0.05, 0) is 30.2 Å². The third-order valence-corrected chi connectivity index (χ3v) is 5.49. The monoisotopic (exact) mass is 370 g/mol. The van der Waals surface area contributed by atoms with Crippen LogP contribution < -0.4 is 10.6 Å². The lowest BCUT2D eigenvalue weighted by Gasteiger charge is -2.47. The maximum absolute atomic E-state index is 14.5. The lowest BCUT2D eigenvalue weighted by Crippen LogP contribution is -2.45. The summed E-state index contributed by atoms with van der Waals surface area (Å²) in [6, 6.07) is 1.87. The molecular weight excluding hydrogens is 350 g/mol. The number of carbonyl (C=O) groups excluding carboxylic acids is 2. The van der Waals surface area contributed by atoms with E-state index in [1.54, 1.807) is 0 Å². The summed E-state index contributed by atoms with van der Waals surface area (Å²) in [6.45, 7) is 4.49. The molecular formula is C18H21ClF2N2O2. The van der Waals surface area contributed by atoms with Crippen molar-refractivity contribution < 1.29 is 18.4 Å². The Kier molecular flexibility index (Phi) is 4.75. The average molecular weight is 371 g/mol. The zero-order chi connectivity index (χ0) is 18.4. The molecule has 1 saturated heterocycles. The molecule has 25 heavy (non-hydrogen) atoms. The van der Waals surface area contributed by atoms with Crippen LogP contribution in [0.3, 0.4) is 0 Å². The van der Waals surface area contributed by atoms with E-state index < -0.39 is 28.6 Å². The van der Waals surface area contributed by atoms with Gasteiger partial charge in [0.25, 0.3) is 0 Å². The van der Waals surface area contributed by atoms with Gasteiger partial charge < -0.3 is 10.6 Å². The minimum absolute atomic E-state index is 0.0417. The number of carbonyl (C=O) groups is 2. The van der Waals surface area contributed by atoms with Crippen molar-refractivity contribution in [2.24, 2.45) is 17.3 Å². The van der Waals surface area contributed by atoms with E-state index in [0.29, 0.717) is 0 Å². The summed E-state index contributed by atoms with van der Waals surface area (Å²) in [5.74, 6) is -2.56. The largest absolute Gasteiger partial charge is 0.355 e. The van der Waals surface area contributed by atoms with Crippen molar-refractivity contribution in [1.82, 2.24) is 10.6 Å². The first kappa shape index (κ1) is 18.1. The van der Waals surface area contributed by atoms with Crippen molar-refractivity contribution in [3.8, 4) is 0 Å². The Bertz CT molecular complexity index is 715. The van der Waals surface area contributed by atoms with E-state index in [1.165, 1.54) is 6.07 Å². The second kappa shape index (κ2) is 6.56. The van der Waals surface area contributed by atoms with Crippen LogP contribution in [0.5, 0.6) is 0 Å². The highest BCUT2D eigenvalue weighted by Gasteiger charge is 2.43. The van der Waals surface area contributed by atoms with Gasteiger partial charge in [0.2, 0.25) is 11.8 Å². The number of halogens is 3. The van der Waals surface area contributed by atoms with Crippen LogP contribution in [0.4, 0.5) is 8.78 Å². The summed E-state index contributed by atoms with van der Waals surface area (Å²) in [4.78, 5) is 23.8. The third-order valence-electron chi connectivity index (χ3n) is 5.15. The van der Waals surface area contributed by atoms with E-state index in [9.17, 15) is 18.4 Å². The molecule has 1 aromatic rings. The van der Waals surface area contributed by atoms with Gasteiger partial charge in [-0.2, -0.15) is 0 Å². The fourth-order valence-corrected chi connectivity index (χ4v) is 4.06. The zero-order valence-electron chi connectivity index (χ0n) is 14.2. The molecule has 1 heterocycles. The molecule has 136 valence electrons. The Morgan fingerprint density at radius 1 is 1.36 bits per heavy atom. The highest BCUT2D eigenvalue weighted by Crippen LogP contribution is 2.51. The van der Waals surface area contributed by atoms with Gasteiger partial charge in [0.15, 0.2) is 0 Å². The Morgan fingerprint density at radius 2 is 2.04 bits per heavy atom. The maximum atomic E-state index is 14.5. The van der Waals surface area contributed by atoms with E-state index in [0.717, 1.165) is 18.9 Å². The minimum atomic E-state index is -0.836. The van der Waals surface area contributed by atoms with E-state index in [4.69, 9.17) is 11.6 Å². The van der Waals surface area contributed by atoms with Crippen molar-refractivity contribution in [2.75, 3.05) is 6.54 Å². The molecule has 0 radical (unpaired) electrons. The van der Waals surface area contributed by atoms with Crippen molar-refractivity contribution in [2.45, 2.75) is 39.2 Å². The number of nitrogens with one attached hydrogen (secondary N) is 2.